The monoisotopic (exact) mass is 339 g/mol. The van der Waals surface area contributed by atoms with Gasteiger partial charge >= 0.3 is 5.97 Å². The Morgan fingerprint density at radius 1 is 1.36 bits per heavy atom. The summed E-state index contributed by atoms with van der Waals surface area (Å²) in [7, 11) is 0. The van der Waals surface area contributed by atoms with Crippen LogP contribution in [0.15, 0.2) is 5.03 Å². The molecule has 2 rings (SSSR count). The lowest BCUT2D eigenvalue weighted by atomic mass is 10.2. The molecule has 8 heteroatoms. The lowest BCUT2D eigenvalue weighted by molar-refractivity contribution is -0.117. The first-order chi connectivity index (χ1) is 10.3. The molecule has 0 aromatic carbocycles. The molecule has 0 radical (unpaired) electrons. The molecule has 0 aliphatic heterocycles. The Hall–Kier alpha value is -1.67. The Labute approximate surface area is 136 Å². The van der Waals surface area contributed by atoms with E-state index in [-0.39, 0.29) is 5.97 Å². The minimum atomic E-state index is -0.414. The van der Waals surface area contributed by atoms with Gasteiger partial charge in [-0.25, -0.2) is 14.8 Å². The third-order valence-electron chi connectivity index (χ3n) is 3.02. The molecule has 2 heterocycles. The summed E-state index contributed by atoms with van der Waals surface area (Å²) in [6, 6.07) is 0. The van der Waals surface area contributed by atoms with Crippen LogP contribution >= 0.6 is 23.1 Å². The molecule has 0 saturated heterocycles. The van der Waals surface area contributed by atoms with Gasteiger partial charge in [-0.2, -0.15) is 0 Å². The predicted octanol–water partition coefficient (Wildman–Crippen LogP) is 2.45. The first-order valence-corrected chi connectivity index (χ1v) is 8.45. The van der Waals surface area contributed by atoms with E-state index in [9.17, 15) is 9.59 Å². The van der Waals surface area contributed by atoms with Gasteiger partial charge in [0.15, 0.2) is 0 Å². The summed E-state index contributed by atoms with van der Waals surface area (Å²) in [5.74, 6) is -0.184. The van der Waals surface area contributed by atoms with E-state index >= 15 is 0 Å². The molecule has 1 atom stereocenters. The number of carbonyl (C=O) groups excluding carboxylic acids is 2. The number of rotatable bonds is 5. The van der Waals surface area contributed by atoms with E-state index in [1.54, 1.807) is 20.8 Å². The summed E-state index contributed by atoms with van der Waals surface area (Å²) in [5.41, 5.74) is 6.10. The lowest BCUT2D eigenvalue weighted by Crippen LogP contribution is -2.22. The highest BCUT2D eigenvalue weighted by Gasteiger charge is 2.22. The van der Waals surface area contributed by atoms with Gasteiger partial charge in [-0.05, 0) is 33.3 Å². The van der Waals surface area contributed by atoms with E-state index < -0.39 is 11.2 Å². The number of amides is 1. The maximum absolute atomic E-state index is 12.0. The van der Waals surface area contributed by atoms with E-state index in [4.69, 9.17) is 10.5 Å². The normalized spacial score (nSPS) is 12.4. The van der Waals surface area contributed by atoms with Gasteiger partial charge < -0.3 is 10.5 Å². The van der Waals surface area contributed by atoms with E-state index in [1.807, 2.05) is 6.92 Å². The lowest BCUT2D eigenvalue weighted by Gasteiger charge is -2.08. The van der Waals surface area contributed by atoms with Gasteiger partial charge in [-0.3, -0.25) is 4.79 Å². The number of primary amides is 1. The summed E-state index contributed by atoms with van der Waals surface area (Å²) < 4.78 is 5.07. The minimum Gasteiger partial charge on any atom is -0.462 e. The van der Waals surface area contributed by atoms with E-state index in [0.29, 0.717) is 27.2 Å². The van der Waals surface area contributed by atoms with Crippen molar-refractivity contribution in [1.82, 2.24) is 9.97 Å². The number of nitrogens with zero attached hydrogens (tertiary/aromatic N) is 2. The molecule has 0 bridgehead atoms. The fourth-order valence-corrected chi connectivity index (χ4v) is 4.09. The van der Waals surface area contributed by atoms with Gasteiger partial charge in [0, 0.05) is 5.39 Å². The summed E-state index contributed by atoms with van der Waals surface area (Å²) in [4.78, 5) is 33.3. The Morgan fingerprint density at radius 3 is 2.64 bits per heavy atom. The SMILES string of the molecule is CCOC(=O)c1sc2nc(C)nc(S[C@@H](C)C(N)=O)c2c1C. The Kier molecular flexibility index (Phi) is 5.02. The number of aromatic nitrogens is 2. The minimum absolute atomic E-state index is 0.317. The molecule has 0 fully saturated rings. The fourth-order valence-electron chi connectivity index (χ4n) is 1.91. The van der Waals surface area contributed by atoms with E-state index in [1.165, 1.54) is 23.1 Å². The molecule has 0 spiro atoms. The molecule has 0 unspecified atom stereocenters. The van der Waals surface area contributed by atoms with Crippen LogP contribution in [0.1, 0.15) is 34.9 Å². The number of thiophene rings is 1. The van der Waals surface area contributed by atoms with Crippen molar-refractivity contribution in [3.8, 4) is 0 Å². The predicted molar refractivity (Wildman–Crippen MR) is 87.4 cm³/mol. The van der Waals surface area contributed by atoms with Crippen LogP contribution in [-0.4, -0.2) is 33.7 Å². The third-order valence-corrected chi connectivity index (χ3v) is 5.29. The maximum atomic E-state index is 12.0. The molecule has 0 aliphatic carbocycles. The van der Waals surface area contributed by atoms with E-state index in [0.717, 1.165) is 10.9 Å². The summed E-state index contributed by atoms with van der Waals surface area (Å²) in [5, 5.41) is 1.04. The van der Waals surface area contributed by atoms with Crippen molar-refractivity contribution in [2.24, 2.45) is 5.73 Å². The molecule has 2 aromatic heterocycles. The Balaban J connectivity index is 2.57. The van der Waals surface area contributed by atoms with Crippen molar-refractivity contribution < 1.29 is 14.3 Å². The zero-order chi connectivity index (χ0) is 16.4. The molecule has 0 saturated carbocycles. The van der Waals surface area contributed by atoms with Gasteiger partial charge in [-0.15, -0.1) is 11.3 Å². The number of thioether (sulfide) groups is 1. The van der Waals surface area contributed by atoms with Gasteiger partial charge in [-0.1, -0.05) is 11.8 Å². The van der Waals surface area contributed by atoms with Crippen molar-refractivity contribution in [3.63, 3.8) is 0 Å². The molecular weight excluding hydrogens is 322 g/mol. The maximum Gasteiger partial charge on any atom is 0.348 e. The molecule has 6 nitrogen and oxygen atoms in total. The number of hydrogen-bond donors (Lipinski definition) is 1. The number of aryl methyl sites for hydroxylation is 2. The van der Waals surface area contributed by atoms with Gasteiger partial charge in [0.2, 0.25) is 5.91 Å². The summed E-state index contributed by atoms with van der Waals surface area (Å²) in [6.07, 6.45) is 0. The molecule has 0 aliphatic rings. The Bertz CT molecular complexity index is 742. The first-order valence-electron chi connectivity index (χ1n) is 6.76. The highest BCUT2D eigenvalue weighted by Crippen LogP contribution is 2.37. The molecule has 118 valence electrons. The van der Waals surface area contributed by atoms with E-state index in [2.05, 4.69) is 9.97 Å². The first kappa shape index (κ1) is 16.7. The van der Waals surface area contributed by atoms with Crippen molar-refractivity contribution in [1.29, 1.82) is 0 Å². The largest absolute Gasteiger partial charge is 0.462 e. The number of ether oxygens (including phenoxy) is 1. The number of fused-ring (bicyclic) bond motifs is 1. The number of hydrogen-bond acceptors (Lipinski definition) is 7. The van der Waals surface area contributed by atoms with Crippen LogP contribution in [0.4, 0.5) is 0 Å². The Morgan fingerprint density at radius 2 is 2.05 bits per heavy atom. The van der Waals surface area contributed by atoms with Crippen LogP contribution in [0.3, 0.4) is 0 Å². The molecule has 2 N–H and O–H groups in total. The average molecular weight is 339 g/mol. The highest BCUT2D eigenvalue weighted by atomic mass is 32.2. The van der Waals surface area contributed by atoms with Crippen LogP contribution in [0.5, 0.6) is 0 Å². The number of nitrogens with two attached hydrogens (primary N) is 1. The fraction of sp³-hybridized carbons (Fsp3) is 0.429. The highest BCUT2D eigenvalue weighted by molar-refractivity contribution is 8.00. The molecule has 2 aromatic rings. The van der Waals surface area contributed by atoms with Gasteiger partial charge in [0.05, 0.1) is 11.9 Å². The number of esters is 1. The molecule has 1 amide bonds. The second-order valence-electron chi connectivity index (χ2n) is 4.70. The second-order valence-corrected chi connectivity index (χ2v) is 7.02. The van der Waals surface area contributed by atoms with Crippen molar-refractivity contribution >= 4 is 45.2 Å². The van der Waals surface area contributed by atoms with Crippen LogP contribution in [-0.2, 0) is 9.53 Å². The van der Waals surface area contributed by atoms with Crippen LogP contribution in [0, 0.1) is 13.8 Å². The van der Waals surface area contributed by atoms with Gasteiger partial charge in [0.25, 0.3) is 0 Å². The molecular formula is C14H17N3O3S2. The summed E-state index contributed by atoms with van der Waals surface area (Å²) in [6.45, 7) is 7.42. The van der Waals surface area contributed by atoms with Crippen LogP contribution in [0.25, 0.3) is 10.2 Å². The van der Waals surface area contributed by atoms with Crippen molar-refractivity contribution in [2.45, 2.75) is 38.0 Å². The smallest absolute Gasteiger partial charge is 0.348 e. The van der Waals surface area contributed by atoms with Crippen LogP contribution in [0.2, 0.25) is 0 Å². The number of carbonyl (C=O) groups is 2. The van der Waals surface area contributed by atoms with Crippen LogP contribution < -0.4 is 5.73 Å². The zero-order valence-corrected chi connectivity index (χ0v) is 14.4. The third kappa shape index (κ3) is 3.22. The standard InChI is InChI=1S/C14H17N3O3S2/c1-5-20-14(19)10-6(2)9-12(21-7(3)11(15)18)16-8(4)17-13(9)22-10/h7H,5H2,1-4H3,(H2,15,18)/t7-/m0/s1. The van der Waals surface area contributed by atoms with Crippen molar-refractivity contribution in [2.75, 3.05) is 6.61 Å². The quantitative estimate of drug-likeness (QED) is 0.511. The van der Waals surface area contributed by atoms with Gasteiger partial charge in [0.1, 0.15) is 20.6 Å². The van der Waals surface area contributed by atoms with Crippen molar-refractivity contribution in [3.05, 3.63) is 16.3 Å². The molecule has 22 heavy (non-hydrogen) atoms. The topological polar surface area (TPSA) is 95.2 Å². The second kappa shape index (κ2) is 6.62. The average Bonchev–Trinajstić information content (AvgIpc) is 2.76. The summed E-state index contributed by atoms with van der Waals surface area (Å²) >= 11 is 2.56. The zero-order valence-electron chi connectivity index (χ0n) is 12.8.